The van der Waals surface area contributed by atoms with Crippen molar-refractivity contribution in [1.29, 1.82) is 0 Å². The zero-order chi connectivity index (χ0) is 89.4. The number of aromatic nitrogens is 2. The zero-order valence-electron chi connectivity index (χ0n) is 74.3. The van der Waals surface area contributed by atoms with Gasteiger partial charge < -0.3 is 27.8 Å². The molecule has 0 unspecified atom stereocenters. The van der Waals surface area contributed by atoms with Gasteiger partial charge in [0.25, 0.3) is 0 Å². The Bertz CT molecular complexity index is 9100. The van der Waals surface area contributed by atoms with Crippen LogP contribution in [-0.4, -0.2) is 9.13 Å². The van der Waals surface area contributed by atoms with Gasteiger partial charge in [-0.05, 0) is 237 Å². The van der Waals surface area contributed by atoms with Crippen molar-refractivity contribution in [3.05, 3.63) is 496 Å². The summed E-state index contributed by atoms with van der Waals surface area (Å²) in [7, 11) is 0. The molecule has 0 N–H and O–H groups in total. The van der Waals surface area contributed by atoms with Gasteiger partial charge in [-0.3, -0.25) is 0 Å². The summed E-state index contributed by atoms with van der Waals surface area (Å²) in [6.07, 6.45) is 0. The molecule has 0 amide bonds. The lowest BCUT2D eigenvalue weighted by Crippen LogP contribution is -2.16. The summed E-state index contributed by atoms with van der Waals surface area (Å²) < 4.78 is 18.5. The number of benzene rings is 22. The molecular formula is C129H86N4O2. The molecule has 4 heterocycles. The highest BCUT2D eigenvalue weighted by Crippen LogP contribution is 2.56. The van der Waals surface area contributed by atoms with Gasteiger partial charge in [0.2, 0.25) is 0 Å². The Morgan fingerprint density at radius 1 is 0.207 bits per heavy atom. The Kier molecular flexibility index (Phi) is 18.6. The Morgan fingerprint density at radius 2 is 0.533 bits per heavy atom. The van der Waals surface area contributed by atoms with Crippen molar-refractivity contribution in [3.8, 4) is 89.3 Å². The zero-order valence-corrected chi connectivity index (χ0v) is 74.3. The van der Waals surface area contributed by atoms with Crippen LogP contribution in [0.3, 0.4) is 0 Å². The summed E-state index contributed by atoms with van der Waals surface area (Å²) in [4.78, 5) is 4.75. The topological polar surface area (TPSA) is 42.6 Å². The van der Waals surface area contributed by atoms with Crippen LogP contribution in [0.5, 0.6) is 0 Å². The predicted molar refractivity (Wildman–Crippen MR) is 568 cm³/mol. The van der Waals surface area contributed by atoms with E-state index in [1.54, 1.807) is 0 Å². The molecule has 1 aliphatic rings. The second-order valence-corrected chi connectivity index (χ2v) is 36.1. The van der Waals surface area contributed by atoms with E-state index in [0.717, 1.165) is 100 Å². The van der Waals surface area contributed by atoms with Gasteiger partial charge in [0.1, 0.15) is 11.2 Å². The molecule has 27 rings (SSSR count). The summed E-state index contributed by atoms with van der Waals surface area (Å²) in [5.41, 5.74) is 36.3. The number of hydrogen-bond donors (Lipinski definition) is 0. The first-order valence-electron chi connectivity index (χ1n) is 46.5. The molecule has 634 valence electrons. The molecule has 22 aromatic carbocycles. The van der Waals surface area contributed by atoms with E-state index in [-0.39, 0.29) is 5.41 Å². The quantitative estimate of drug-likeness (QED) is 0.109. The van der Waals surface area contributed by atoms with E-state index in [1.165, 1.54) is 154 Å². The van der Waals surface area contributed by atoms with Crippen molar-refractivity contribution in [2.75, 3.05) is 9.80 Å². The number of anilines is 6. The first-order chi connectivity index (χ1) is 66.7. The molecule has 0 saturated carbocycles. The van der Waals surface area contributed by atoms with E-state index < -0.39 is 0 Å². The molecule has 1 aliphatic carbocycles. The highest BCUT2D eigenvalue weighted by molar-refractivity contribution is 6.23. The molecule has 0 radical (unpaired) electrons. The number of rotatable bonds is 14. The largest absolute Gasteiger partial charge is 0.454 e. The lowest BCUT2D eigenvalue weighted by atomic mass is 9.82. The molecule has 6 nitrogen and oxygen atoms in total. The molecule has 0 saturated heterocycles. The Labute approximate surface area is 781 Å². The van der Waals surface area contributed by atoms with E-state index in [4.69, 9.17) is 8.83 Å². The number of para-hydroxylation sites is 6. The monoisotopic (exact) mass is 1720 g/mol. The summed E-state index contributed by atoms with van der Waals surface area (Å²) >= 11 is 0. The van der Waals surface area contributed by atoms with Gasteiger partial charge in [-0.15, -0.1) is 0 Å². The van der Waals surface area contributed by atoms with Crippen molar-refractivity contribution in [2.24, 2.45) is 0 Å². The smallest absolute Gasteiger partial charge is 0.159 e. The normalized spacial score (nSPS) is 12.3. The fraction of sp³-hybridized carbons (Fsp3) is 0.0233. The Hall–Kier alpha value is -17.6. The van der Waals surface area contributed by atoms with Crippen LogP contribution < -0.4 is 9.80 Å². The van der Waals surface area contributed by atoms with Crippen molar-refractivity contribution in [2.45, 2.75) is 19.3 Å². The van der Waals surface area contributed by atoms with Crippen molar-refractivity contribution in [3.63, 3.8) is 0 Å². The number of fused-ring (bicyclic) bond motifs is 20. The van der Waals surface area contributed by atoms with E-state index in [9.17, 15) is 0 Å². The van der Waals surface area contributed by atoms with Crippen molar-refractivity contribution >= 4 is 154 Å². The van der Waals surface area contributed by atoms with E-state index in [0.29, 0.717) is 0 Å². The highest BCUT2D eigenvalue weighted by atomic mass is 16.3. The molecule has 0 aliphatic heterocycles. The minimum Gasteiger partial charge on any atom is -0.454 e. The van der Waals surface area contributed by atoms with Crippen molar-refractivity contribution < 1.29 is 8.83 Å². The van der Waals surface area contributed by atoms with E-state index in [2.05, 4.69) is 518 Å². The van der Waals surface area contributed by atoms with Crippen LogP contribution in [0.4, 0.5) is 34.1 Å². The summed E-state index contributed by atoms with van der Waals surface area (Å²) in [5, 5.41) is 16.8. The first-order valence-corrected chi connectivity index (χ1v) is 46.5. The fourth-order valence-corrected chi connectivity index (χ4v) is 21.7. The summed E-state index contributed by atoms with van der Waals surface area (Å²) in [6, 6.07) is 176. The van der Waals surface area contributed by atoms with Gasteiger partial charge >= 0.3 is 0 Å². The number of furan rings is 2. The number of hydrogen-bond acceptors (Lipinski definition) is 4. The molecule has 6 heteroatoms. The van der Waals surface area contributed by atoms with Gasteiger partial charge in [0.05, 0.1) is 39.1 Å². The molecule has 4 aromatic heterocycles. The van der Waals surface area contributed by atoms with Crippen LogP contribution in [0, 0.1) is 0 Å². The van der Waals surface area contributed by atoms with E-state index >= 15 is 0 Å². The predicted octanol–water partition coefficient (Wildman–Crippen LogP) is 36.1. The molecule has 26 aromatic rings. The second-order valence-electron chi connectivity index (χ2n) is 36.1. The highest BCUT2D eigenvalue weighted by Gasteiger charge is 2.38. The maximum absolute atomic E-state index is 6.90. The maximum Gasteiger partial charge on any atom is 0.159 e. The number of nitrogens with zero attached hydrogens (tertiary/aromatic N) is 4. The second kappa shape index (κ2) is 31.9. The van der Waals surface area contributed by atoms with Gasteiger partial charge in [0, 0.05) is 82.5 Å². The molecule has 0 bridgehead atoms. The van der Waals surface area contributed by atoms with Crippen LogP contribution in [-0.2, 0) is 5.41 Å². The standard InChI is InChI=1S/C68H44N2O.C61H42N2O/c1-2-15-54(16-3-1)70-63-22-9-8-19-60(63)62-44-53(36-42-64(62)70)49-30-28-46(29-31-49)45-24-26-47(27-25-45)48-32-38-55(39-33-48)69(56-40-34-52(35-41-56)58-20-10-14-50-12-4-6-17-57(50)58)65-23-11-21-61-67-59-18-7-5-13-51(59)37-43-66(67)71-68(61)65;1-61(2)51-19-8-5-17-49(51)59-52(61)20-12-23-55(59)63(56-24-11-18-50-58-46-14-4-3-13-43(46)33-38-57(58)64-60(50)56)45-36-31-42(32-37-45)40-27-25-39(26-28-40)41-29-34-44(35-30-41)62-53-21-9-6-15-47(53)48-16-7-10-22-54(48)62/h1-44H;3-38H,1-2H3. The molecular weight excluding hydrogens is 1640 g/mol. The average molecular weight is 1720 g/mol. The molecule has 0 atom stereocenters. The minimum atomic E-state index is -0.137. The first kappa shape index (κ1) is 78.5. The summed E-state index contributed by atoms with van der Waals surface area (Å²) in [5.74, 6) is 0. The Balaban J connectivity index is 0.000000141. The van der Waals surface area contributed by atoms with E-state index in [1.807, 2.05) is 0 Å². The van der Waals surface area contributed by atoms with Gasteiger partial charge in [-0.1, -0.05) is 378 Å². The molecule has 135 heavy (non-hydrogen) atoms. The average Bonchev–Trinajstić information content (AvgIpc) is 1.56. The van der Waals surface area contributed by atoms with Gasteiger partial charge in [0.15, 0.2) is 11.2 Å². The fourth-order valence-electron chi connectivity index (χ4n) is 21.7. The van der Waals surface area contributed by atoms with Gasteiger partial charge in [-0.25, -0.2) is 0 Å². The lowest BCUT2D eigenvalue weighted by molar-refractivity contribution is 0.660. The minimum absolute atomic E-state index is 0.137. The third kappa shape index (κ3) is 13.2. The van der Waals surface area contributed by atoms with Crippen LogP contribution in [0.2, 0.25) is 0 Å². The Morgan fingerprint density at radius 3 is 1.04 bits per heavy atom. The van der Waals surface area contributed by atoms with Crippen molar-refractivity contribution in [1.82, 2.24) is 9.13 Å². The summed E-state index contributed by atoms with van der Waals surface area (Å²) in [6.45, 7) is 4.69. The van der Waals surface area contributed by atoms with Crippen LogP contribution >= 0.6 is 0 Å². The maximum atomic E-state index is 6.90. The van der Waals surface area contributed by atoms with Crippen LogP contribution in [0.1, 0.15) is 25.0 Å². The molecule has 0 fully saturated rings. The van der Waals surface area contributed by atoms with Gasteiger partial charge in [-0.2, -0.15) is 0 Å². The SMILES string of the molecule is CC1(C)c2ccccc2-c2c(N(c3ccc(-c4ccc(-c5ccc(-n6c7ccccc7c7ccccc76)cc5)cc4)cc3)c3cccc4c3oc3ccc5ccccc5c34)cccc21.c1ccc(-n2c3ccccc3c3cc(-c4ccc(-c5ccc(-c6ccc(N(c7ccc(-c8cccc9ccccc89)cc7)c7cccc8c7oc7ccc9ccccc9c78)cc6)cc5)cc4)ccc32)cc1. The third-order valence-electron chi connectivity index (χ3n) is 28.2. The third-order valence-corrected chi connectivity index (χ3v) is 28.2. The lowest BCUT2D eigenvalue weighted by Gasteiger charge is -2.29. The van der Waals surface area contributed by atoms with Crippen LogP contribution in [0.25, 0.3) is 209 Å². The molecule has 0 spiro atoms. The van der Waals surface area contributed by atoms with Crippen LogP contribution in [0.15, 0.2) is 494 Å².